The van der Waals surface area contributed by atoms with Crippen LogP contribution >= 0.6 is 11.8 Å². The average Bonchev–Trinajstić information content (AvgIpc) is 2.82. The predicted molar refractivity (Wildman–Crippen MR) is 50.3 cm³/mol. The summed E-state index contributed by atoms with van der Waals surface area (Å²) < 4.78 is 0. The molecule has 0 aromatic rings. The van der Waals surface area contributed by atoms with Crippen LogP contribution < -0.4 is 5.73 Å². The highest BCUT2D eigenvalue weighted by atomic mass is 32.2. The number of carboxylic acids is 1. The second-order valence-corrected chi connectivity index (χ2v) is 4.35. The quantitative estimate of drug-likeness (QED) is 0.675. The Morgan fingerprint density at radius 3 is 2.67 bits per heavy atom. The van der Waals surface area contributed by atoms with Gasteiger partial charge in [0, 0.05) is 0 Å². The lowest BCUT2D eigenvalue weighted by atomic mass is 9.92. The van der Waals surface area contributed by atoms with Crippen LogP contribution in [0.1, 0.15) is 19.3 Å². The van der Waals surface area contributed by atoms with E-state index in [1.54, 1.807) is 11.8 Å². The second kappa shape index (κ2) is 3.66. The molecule has 3 nitrogen and oxygen atoms in total. The first-order chi connectivity index (χ1) is 5.61. The van der Waals surface area contributed by atoms with E-state index in [0.29, 0.717) is 6.42 Å². The molecule has 4 heteroatoms. The normalized spacial score (nSPS) is 21.8. The van der Waals surface area contributed by atoms with Gasteiger partial charge in [0.25, 0.3) is 0 Å². The zero-order valence-corrected chi connectivity index (χ0v) is 8.06. The third-order valence-corrected chi connectivity index (χ3v) is 3.04. The van der Waals surface area contributed by atoms with Crippen LogP contribution in [0.25, 0.3) is 0 Å². The largest absolute Gasteiger partial charge is 0.480 e. The Labute approximate surface area is 76.7 Å². The molecule has 0 amide bonds. The third kappa shape index (κ3) is 1.93. The minimum absolute atomic E-state index is 0.224. The lowest BCUT2D eigenvalue weighted by Crippen LogP contribution is -2.50. The van der Waals surface area contributed by atoms with Gasteiger partial charge in [-0.2, -0.15) is 11.8 Å². The van der Waals surface area contributed by atoms with E-state index in [0.717, 1.165) is 18.6 Å². The van der Waals surface area contributed by atoms with Crippen molar-refractivity contribution in [3.63, 3.8) is 0 Å². The van der Waals surface area contributed by atoms with Crippen molar-refractivity contribution in [2.45, 2.75) is 24.8 Å². The fourth-order valence-corrected chi connectivity index (χ4v) is 1.90. The van der Waals surface area contributed by atoms with Gasteiger partial charge in [-0.1, -0.05) is 0 Å². The summed E-state index contributed by atoms with van der Waals surface area (Å²) >= 11 is 1.65. The highest BCUT2D eigenvalue weighted by Gasteiger charge is 2.47. The van der Waals surface area contributed by atoms with Crippen LogP contribution in [0, 0.1) is 5.92 Å². The summed E-state index contributed by atoms with van der Waals surface area (Å²) in [6, 6.07) is 0. The van der Waals surface area contributed by atoms with Gasteiger partial charge in [0.15, 0.2) is 0 Å². The van der Waals surface area contributed by atoms with Gasteiger partial charge in [0.2, 0.25) is 0 Å². The molecule has 0 aliphatic heterocycles. The van der Waals surface area contributed by atoms with E-state index < -0.39 is 11.5 Å². The molecule has 1 unspecified atom stereocenters. The number of hydrogen-bond donors (Lipinski definition) is 2. The molecule has 0 saturated heterocycles. The molecule has 0 heterocycles. The minimum Gasteiger partial charge on any atom is -0.480 e. The van der Waals surface area contributed by atoms with Gasteiger partial charge in [0.1, 0.15) is 5.54 Å². The maximum atomic E-state index is 10.9. The van der Waals surface area contributed by atoms with E-state index in [1.165, 1.54) is 0 Å². The monoisotopic (exact) mass is 189 g/mol. The Balaban J connectivity index is 2.52. The fraction of sp³-hybridized carbons (Fsp3) is 0.875. The molecule has 1 fully saturated rings. The van der Waals surface area contributed by atoms with Crippen LogP contribution in [0.5, 0.6) is 0 Å². The summed E-state index contributed by atoms with van der Waals surface area (Å²) in [5, 5.41) is 8.94. The van der Waals surface area contributed by atoms with Crippen molar-refractivity contribution in [3.8, 4) is 0 Å². The number of nitrogens with two attached hydrogens (primary N) is 1. The van der Waals surface area contributed by atoms with E-state index in [1.807, 2.05) is 6.26 Å². The number of aliphatic carboxylic acids is 1. The average molecular weight is 189 g/mol. The highest BCUT2D eigenvalue weighted by Crippen LogP contribution is 2.40. The summed E-state index contributed by atoms with van der Waals surface area (Å²) in [6.07, 6.45) is 4.53. The van der Waals surface area contributed by atoms with Gasteiger partial charge in [-0.25, -0.2) is 0 Å². The van der Waals surface area contributed by atoms with Crippen LogP contribution in [-0.4, -0.2) is 28.6 Å². The van der Waals surface area contributed by atoms with Crippen molar-refractivity contribution in [1.29, 1.82) is 0 Å². The van der Waals surface area contributed by atoms with Gasteiger partial charge in [-0.05, 0) is 37.2 Å². The van der Waals surface area contributed by atoms with Crippen LogP contribution in [0.15, 0.2) is 0 Å². The molecular weight excluding hydrogens is 174 g/mol. The minimum atomic E-state index is -0.941. The van der Waals surface area contributed by atoms with E-state index in [9.17, 15) is 4.79 Å². The molecule has 1 rings (SSSR count). The SMILES string of the molecule is CSCCC(N)(C(=O)O)C1CC1. The van der Waals surface area contributed by atoms with Gasteiger partial charge >= 0.3 is 5.97 Å². The van der Waals surface area contributed by atoms with E-state index in [2.05, 4.69) is 0 Å². The topological polar surface area (TPSA) is 63.3 Å². The lowest BCUT2D eigenvalue weighted by Gasteiger charge is -2.23. The molecule has 12 heavy (non-hydrogen) atoms. The smallest absolute Gasteiger partial charge is 0.323 e. The first kappa shape index (κ1) is 9.86. The third-order valence-electron chi connectivity index (χ3n) is 2.42. The summed E-state index contributed by atoms with van der Waals surface area (Å²) in [5.74, 6) is 0.223. The van der Waals surface area contributed by atoms with Crippen molar-refractivity contribution in [1.82, 2.24) is 0 Å². The molecule has 1 atom stereocenters. The molecule has 0 aromatic heterocycles. The van der Waals surface area contributed by atoms with E-state index in [4.69, 9.17) is 10.8 Å². The Bertz CT molecular complexity index is 182. The first-order valence-corrected chi connectivity index (χ1v) is 5.52. The van der Waals surface area contributed by atoms with Gasteiger partial charge in [-0.3, -0.25) is 4.79 Å². The predicted octanol–water partition coefficient (Wildman–Crippen LogP) is 0.932. The lowest BCUT2D eigenvalue weighted by molar-refractivity contribution is -0.144. The van der Waals surface area contributed by atoms with Crippen molar-refractivity contribution >= 4 is 17.7 Å². The number of hydrogen-bond acceptors (Lipinski definition) is 3. The Morgan fingerprint density at radius 2 is 2.33 bits per heavy atom. The van der Waals surface area contributed by atoms with Crippen molar-refractivity contribution < 1.29 is 9.90 Å². The van der Waals surface area contributed by atoms with Crippen LogP contribution in [0.2, 0.25) is 0 Å². The van der Waals surface area contributed by atoms with Gasteiger partial charge in [0.05, 0.1) is 0 Å². The van der Waals surface area contributed by atoms with Crippen molar-refractivity contribution in [2.24, 2.45) is 11.7 Å². The molecule has 0 aromatic carbocycles. The number of carboxylic acid groups (broad SMARTS) is 1. The van der Waals surface area contributed by atoms with Gasteiger partial charge in [-0.15, -0.1) is 0 Å². The maximum absolute atomic E-state index is 10.9. The molecule has 1 aliphatic carbocycles. The zero-order valence-electron chi connectivity index (χ0n) is 7.25. The summed E-state index contributed by atoms with van der Waals surface area (Å²) in [4.78, 5) is 10.9. The second-order valence-electron chi connectivity index (χ2n) is 3.36. The number of carbonyl (C=O) groups is 1. The van der Waals surface area contributed by atoms with Gasteiger partial charge < -0.3 is 10.8 Å². The molecule has 1 aliphatic rings. The molecule has 0 radical (unpaired) electrons. The van der Waals surface area contributed by atoms with Crippen molar-refractivity contribution in [2.75, 3.05) is 12.0 Å². The molecule has 70 valence electrons. The fourth-order valence-electron chi connectivity index (χ4n) is 1.36. The zero-order chi connectivity index (χ0) is 9.19. The molecule has 1 saturated carbocycles. The van der Waals surface area contributed by atoms with E-state index >= 15 is 0 Å². The van der Waals surface area contributed by atoms with Crippen LogP contribution in [0.4, 0.5) is 0 Å². The van der Waals surface area contributed by atoms with Crippen molar-refractivity contribution in [3.05, 3.63) is 0 Å². The molecule has 0 spiro atoms. The van der Waals surface area contributed by atoms with E-state index in [-0.39, 0.29) is 5.92 Å². The highest BCUT2D eigenvalue weighted by molar-refractivity contribution is 7.98. The van der Waals surface area contributed by atoms with Crippen LogP contribution in [-0.2, 0) is 4.79 Å². The Kier molecular flexibility index (Phi) is 3.01. The number of rotatable bonds is 5. The Hall–Kier alpha value is -0.220. The molecule has 3 N–H and O–H groups in total. The molecular formula is C8H15NO2S. The summed E-state index contributed by atoms with van der Waals surface area (Å²) in [7, 11) is 0. The molecule has 0 bridgehead atoms. The number of thioether (sulfide) groups is 1. The first-order valence-electron chi connectivity index (χ1n) is 4.12. The maximum Gasteiger partial charge on any atom is 0.323 e. The standard InChI is InChI=1S/C8H15NO2S/c1-12-5-4-8(9,7(10)11)6-2-3-6/h6H,2-5,9H2,1H3,(H,10,11). The summed E-state index contributed by atoms with van der Waals surface area (Å²) in [5.41, 5.74) is 4.88. The Morgan fingerprint density at radius 1 is 1.75 bits per heavy atom. The summed E-state index contributed by atoms with van der Waals surface area (Å²) in [6.45, 7) is 0. The van der Waals surface area contributed by atoms with Crippen LogP contribution in [0.3, 0.4) is 0 Å².